The normalized spacial score (nSPS) is 13.0. The van der Waals surface area contributed by atoms with Crippen LogP contribution in [0.5, 0.6) is 17.2 Å². The minimum Gasteiger partial charge on any atom is -0.493 e. The van der Waals surface area contributed by atoms with Gasteiger partial charge in [-0.15, -0.1) is 0 Å². The molecule has 0 aliphatic carbocycles. The topological polar surface area (TPSA) is 110 Å². The number of hydrogen-bond acceptors (Lipinski definition) is 9. The van der Waals surface area contributed by atoms with Crippen molar-refractivity contribution in [1.29, 1.82) is 0 Å². The highest BCUT2D eigenvalue weighted by Gasteiger charge is 2.30. The Morgan fingerprint density at radius 2 is 1.73 bits per heavy atom. The van der Waals surface area contributed by atoms with Crippen molar-refractivity contribution in [2.75, 3.05) is 13.9 Å². The van der Waals surface area contributed by atoms with Crippen molar-refractivity contribution in [3.05, 3.63) is 82.4 Å². The lowest BCUT2D eigenvalue weighted by atomic mass is 10.0. The summed E-state index contributed by atoms with van der Waals surface area (Å²) in [5, 5.41) is 0.368. The number of rotatable bonds is 13. The van der Waals surface area contributed by atoms with Gasteiger partial charge < -0.3 is 23.7 Å². The molecule has 2 aromatic carbocycles. The molecule has 3 rings (SSSR count). The lowest BCUT2D eigenvalue weighted by molar-refractivity contribution is -0.157. The number of ether oxygens (including phenoxy) is 5. The van der Waals surface area contributed by atoms with Crippen LogP contribution in [-0.2, 0) is 19.1 Å². The van der Waals surface area contributed by atoms with Gasteiger partial charge in [0.05, 0.1) is 18.1 Å². The second-order valence-corrected chi connectivity index (χ2v) is 9.69. The molecule has 9 nitrogen and oxygen atoms in total. The van der Waals surface area contributed by atoms with Gasteiger partial charge in [-0.25, -0.2) is 9.37 Å². The van der Waals surface area contributed by atoms with E-state index in [0.29, 0.717) is 16.3 Å². The first-order chi connectivity index (χ1) is 19.5. The van der Waals surface area contributed by atoms with Crippen LogP contribution in [0.1, 0.15) is 54.9 Å². The summed E-state index contributed by atoms with van der Waals surface area (Å²) in [5.74, 6) is -2.51. The summed E-state index contributed by atoms with van der Waals surface area (Å²) < 4.78 is 40.9. The van der Waals surface area contributed by atoms with E-state index in [1.807, 2.05) is 13.0 Å². The predicted molar refractivity (Wildman–Crippen MR) is 148 cm³/mol. The molecule has 0 aliphatic rings. The van der Waals surface area contributed by atoms with Crippen molar-refractivity contribution in [2.45, 2.75) is 46.3 Å². The Morgan fingerprint density at radius 1 is 1.02 bits per heavy atom. The summed E-state index contributed by atoms with van der Waals surface area (Å²) in [4.78, 5) is 41.4. The van der Waals surface area contributed by atoms with E-state index in [-0.39, 0.29) is 23.6 Å². The first kappa shape index (κ1) is 31.3. The fourth-order valence-corrected chi connectivity index (χ4v) is 4.13. The highest BCUT2D eigenvalue weighted by molar-refractivity contribution is 6.32. The van der Waals surface area contributed by atoms with Crippen molar-refractivity contribution >= 4 is 29.3 Å². The Bertz CT molecular complexity index is 1380. The smallest absolute Gasteiger partial charge is 0.309 e. The Morgan fingerprint density at radius 3 is 2.37 bits per heavy atom. The molecule has 3 atom stereocenters. The van der Waals surface area contributed by atoms with Crippen molar-refractivity contribution < 1.29 is 42.5 Å². The van der Waals surface area contributed by atoms with Crippen LogP contribution in [0.2, 0.25) is 5.02 Å². The number of hydrogen-bond donors (Lipinski definition) is 0. The van der Waals surface area contributed by atoms with E-state index in [2.05, 4.69) is 4.98 Å². The van der Waals surface area contributed by atoms with Crippen molar-refractivity contribution in [1.82, 2.24) is 4.98 Å². The number of aryl methyl sites for hydroxylation is 1. The zero-order valence-electron chi connectivity index (χ0n) is 23.3. The van der Waals surface area contributed by atoms with E-state index in [1.54, 1.807) is 19.1 Å². The number of ketones is 1. The van der Waals surface area contributed by atoms with Crippen LogP contribution in [0.25, 0.3) is 0 Å². The van der Waals surface area contributed by atoms with Gasteiger partial charge in [-0.1, -0.05) is 36.7 Å². The number of nitrogens with zero attached hydrogens (tertiary/aromatic N) is 1. The van der Waals surface area contributed by atoms with Crippen LogP contribution in [-0.4, -0.2) is 42.7 Å². The summed E-state index contributed by atoms with van der Waals surface area (Å²) in [7, 11) is 1.38. The summed E-state index contributed by atoms with van der Waals surface area (Å²) >= 11 is 6.36. The third-order valence-corrected chi connectivity index (χ3v) is 6.28. The Labute approximate surface area is 242 Å². The largest absolute Gasteiger partial charge is 0.493 e. The molecule has 1 heterocycles. The minimum absolute atomic E-state index is 0.0186. The maximum atomic E-state index is 13.6. The average Bonchev–Trinajstić information content (AvgIpc) is 2.92. The van der Waals surface area contributed by atoms with Gasteiger partial charge in [0, 0.05) is 25.6 Å². The van der Waals surface area contributed by atoms with Gasteiger partial charge in [-0.3, -0.25) is 14.4 Å². The van der Waals surface area contributed by atoms with Gasteiger partial charge in [-0.05, 0) is 49.2 Å². The van der Waals surface area contributed by atoms with Crippen LogP contribution >= 0.6 is 11.6 Å². The van der Waals surface area contributed by atoms with Crippen LogP contribution in [0.4, 0.5) is 4.39 Å². The van der Waals surface area contributed by atoms with E-state index < -0.39 is 48.5 Å². The molecule has 11 heteroatoms. The molecule has 0 amide bonds. The number of Topliss-reactive ketones (excluding diaryl/α,β-unsaturated/α-hetero) is 1. The number of halogens is 2. The number of esters is 2. The highest BCUT2D eigenvalue weighted by Crippen LogP contribution is 2.34. The predicted octanol–water partition coefficient (Wildman–Crippen LogP) is 6.05. The zero-order chi connectivity index (χ0) is 30.1. The van der Waals surface area contributed by atoms with E-state index >= 15 is 0 Å². The van der Waals surface area contributed by atoms with Crippen molar-refractivity contribution in [2.24, 2.45) is 5.92 Å². The molecule has 0 saturated carbocycles. The molecule has 0 radical (unpaired) electrons. The number of aromatic nitrogens is 1. The monoisotopic (exact) mass is 587 g/mol. The molecule has 3 aromatic rings. The Hall–Kier alpha value is -4.18. The molecule has 0 bridgehead atoms. The van der Waals surface area contributed by atoms with Crippen molar-refractivity contribution in [3.8, 4) is 17.2 Å². The van der Waals surface area contributed by atoms with Crippen LogP contribution in [0.3, 0.4) is 0 Å². The maximum Gasteiger partial charge on any atom is 0.309 e. The number of pyridine rings is 1. The zero-order valence-corrected chi connectivity index (χ0v) is 24.1. The molecule has 218 valence electrons. The van der Waals surface area contributed by atoms with E-state index in [9.17, 15) is 18.8 Å². The van der Waals surface area contributed by atoms with E-state index in [1.165, 1.54) is 57.5 Å². The molecule has 0 fully saturated rings. The molecule has 1 aromatic heterocycles. The molecule has 0 N–H and O–H groups in total. The molecular formula is C30H31ClFNO8. The Balaban J connectivity index is 1.75. The fraction of sp³-hybridized carbons (Fsp3) is 0.333. The minimum atomic E-state index is -0.879. The number of carbonyl (C=O) groups excluding carboxylic acids is 3. The van der Waals surface area contributed by atoms with Crippen LogP contribution in [0.15, 0.2) is 54.7 Å². The molecule has 0 unspecified atom stereocenters. The molecule has 0 saturated heterocycles. The summed E-state index contributed by atoms with van der Waals surface area (Å²) in [6.45, 7) is 5.81. The Kier molecular flexibility index (Phi) is 11.0. The standard InChI is InChI=1S/C30H31ClFNO8/c1-17-6-11-25(23(31)14-17)41-28(21-7-9-22(32)10-8-21)19(3)40-30(36)18(2)15-24(35)27-29(39-16-38-20(4)34)26(37-5)12-13-33-27/h6-14,18-19,28H,15-16H2,1-5H3/t18-,19+,28+/m1/s1. The van der Waals surface area contributed by atoms with Gasteiger partial charge in [0.1, 0.15) is 17.7 Å². The lowest BCUT2D eigenvalue weighted by Gasteiger charge is -2.27. The van der Waals surface area contributed by atoms with Gasteiger partial charge in [-0.2, -0.15) is 0 Å². The third kappa shape index (κ3) is 8.65. The van der Waals surface area contributed by atoms with Gasteiger partial charge >= 0.3 is 11.9 Å². The first-order valence-electron chi connectivity index (χ1n) is 12.7. The molecule has 41 heavy (non-hydrogen) atoms. The number of methoxy groups -OCH3 is 1. The molecule has 0 spiro atoms. The van der Waals surface area contributed by atoms with Gasteiger partial charge in [0.2, 0.25) is 6.79 Å². The highest BCUT2D eigenvalue weighted by atomic mass is 35.5. The number of carbonyl (C=O) groups is 3. The third-order valence-electron chi connectivity index (χ3n) is 5.98. The van der Waals surface area contributed by atoms with E-state index in [4.69, 9.17) is 35.3 Å². The second-order valence-electron chi connectivity index (χ2n) is 9.28. The molecule has 0 aliphatic heterocycles. The second kappa shape index (κ2) is 14.5. The van der Waals surface area contributed by atoms with E-state index in [0.717, 1.165) is 5.56 Å². The van der Waals surface area contributed by atoms with Gasteiger partial charge in [0.15, 0.2) is 29.1 Å². The number of benzene rings is 2. The average molecular weight is 588 g/mol. The maximum absolute atomic E-state index is 13.6. The quantitative estimate of drug-likeness (QED) is 0.134. The lowest BCUT2D eigenvalue weighted by Crippen LogP contribution is -2.30. The molecular weight excluding hydrogens is 557 g/mol. The van der Waals surface area contributed by atoms with Crippen LogP contribution in [0, 0.1) is 18.7 Å². The fourth-order valence-electron chi connectivity index (χ4n) is 3.85. The van der Waals surface area contributed by atoms with Crippen LogP contribution < -0.4 is 14.2 Å². The van der Waals surface area contributed by atoms with Gasteiger partial charge in [0.25, 0.3) is 0 Å². The first-order valence-corrected chi connectivity index (χ1v) is 13.1. The van der Waals surface area contributed by atoms with Crippen molar-refractivity contribution in [3.63, 3.8) is 0 Å². The SMILES string of the molecule is COc1ccnc(C(=O)C[C@@H](C)C(=O)O[C@@H](C)[C@H](Oc2ccc(C)cc2Cl)c2ccc(F)cc2)c1OCOC(C)=O. The summed E-state index contributed by atoms with van der Waals surface area (Å²) in [5.41, 5.74) is 1.40. The summed E-state index contributed by atoms with van der Waals surface area (Å²) in [6, 6.07) is 12.4. The summed E-state index contributed by atoms with van der Waals surface area (Å²) in [6.07, 6.45) is -0.581.